The maximum absolute atomic E-state index is 13.9. The molecule has 41 heavy (non-hydrogen) atoms. The van der Waals surface area contributed by atoms with Crippen LogP contribution in [0.25, 0.3) is 0 Å². The third-order valence-corrected chi connectivity index (χ3v) is 8.09. The molecule has 13 heteroatoms. The molecule has 1 N–H and O–H groups in total. The van der Waals surface area contributed by atoms with Gasteiger partial charge in [0.05, 0.1) is 58.7 Å². The number of hydrogen-bond acceptors (Lipinski definition) is 6. The van der Waals surface area contributed by atoms with E-state index >= 15 is 0 Å². The number of amides is 2. The van der Waals surface area contributed by atoms with Gasteiger partial charge in [0.2, 0.25) is 0 Å². The second-order valence-corrected chi connectivity index (χ2v) is 11.7. The number of aliphatic hydroxyl groups is 1. The van der Waals surface area contributed by atoms with Crippen molar-refractivity contribution in [1.29, 1.82) is 0 Å². The summed E-state index contributed by atoms with van der Waals surface area (Å²) in [6.07, 6.45) is -1.33. The number of alkyl halides is 3. The van der Waals surface area contributed by atoms with E-state index in [2.05, 4.69) is 9.97 Å². The van der Waals surface area contributed by atoms with Gasteiger partial charge < -0.3 is 14.9 Å². The highest BCUT2D eigenvalue weighted by Gasteiger charge is 2.41. The van der Waals surface area contributed by atoms with Crippen molar-refractivity contribution in [2.45, 2.75) is 77.5 Å². The van der Waals surface area contributed by atoms with Crippen LogP contribution in [0.3, 0.4) is 0 Å². The van der Waals surface area contributed by atoms with Gasteiger partial charge in [0, 0.05) is 30.1 Å². The van der Waals surface area contributed by atoms with Crippen LogP contribution in [-0.4, -0.2) is 59.1 Å². The number of hydrogen-bond donors (Lipinski definition) is 1. The smallest absolute Gasteiger partial charge is 0.384 e. The molecule has 0 saturated heterocycles. The summed E-state index contributed by atoms with van der Waals surface area (Å²) in [6, 6.07) is 2.13. The number of benzene rings is 1. The second kappa shape index (κ2) is 10.1. The summed E-state index contributed by atoms with van der Waals surface area (Å²) < 4.78 is 42.0. The van der Waals surface area contributed by atoms with Crippen LogP contribution in [-0.2, 0) is 24.7 Å². The van der Waals surface area contributed by atoms with Gasteiger partial charge in [-0.3, -0.25) is 24.2 Å². The van der Waals surface area contributed by atoms with Crippen molar-refractivity contribution in [2.24, 2.45) is 0 Å². The molecule has 3 atom stereocenters. The number of halogens is 4. The van der Waals surface area contributed by atoms with Crippen LogP contribution in [0.15, 0.2) is 30.6 Å². The van der Waals surface area contributed by atoms with E-state index in [9.17, 15) is 27.9 Å². The van der Waals surface area contributed by atoms with Gasteiger partial charge in [0.25, 0.3) is 11.8 Å². The number of aromatic nitrogens is 4. The molecule has 0 bridgehead atoms. The standard InChI is InChI=1S/C28H30ClF3N6O3/c1-14-8-21-18(13-36(14)25(39)17-6-7-20(29)19(9-17)28(30,31)32)24-26(40)37(12-15(2)38(24)35-21)16(3)22-10-34-23(11-33-22)27(4,5)41/h6-7,9-11,14-16,41H,8,12-13H2,1-5H3/t14-,15-,16?/m1/s1. The van der Waals surface area contributed by atoms with E-state index in [1.165, 1.54) is 17.2 Å². The van der Waals surface area contributed by atoms with E-state index in [1.54, 1.807) is 36.5 Å². The fraction of sp³-hybridized carbons (Fsp3) is 0.464. The molecule has 5 rings (SSSR count). The number of carbonyl (C=O) groups is 2. The quantitative estimate of drug-likeness (QED) is 0.462. The fourth-order valence-electron chi connectivity index (χ4n) is 5.37. The predicted molar refractivity (Wildman–Crippen MR) is 143 cm³/mol. The maximum Gasteiger partial charge on any atom is 0.417 e. The zero-order valence-electron chi connectivity index (χ0n) is 23.2. The molecular formula is C28H30ClF3N6O3. The molecule has 0 fully saturated rings. The highest BCUT2D eigenvalue weighted by atomic mass is 35.5. The van der Waals surface area contributed by atoms with Crippen LogP contribution in [0, 0.1) is 0 Å². The third-order valence-electron chi connectivity index (χ3n) is 7.76. The number of fused-ring (bicyclic) bond motifs is 3. The average molecular weight is 591 g/mol. The molecule has 0 saturated carbocycles. The van der Waals surface area contributed by atoms with Gasteiger partial charge in [-0.05, 0) is 52.8 Å². The molecule has 218 valence electrons. The lowest BCUT2D eigenvalue weighted by Gasteiger charge is -2.37. The Kier molecular flexibility index (Phi) is 7.14. The highest BCUT2D eigenvalue weighted by molar-refractivity contribution is 6.31. The zero-order valence-corrected chi connectivity index (χ0v) is 24.0. The molecule has 1 unspecified atom stereocenters. The van der Waals surface area contributed by atoms with Gasteiger partial charge in [-0.25, -0.2) is 0 Å². The first-order valence-corrected chi connectivity index (χ1v) is 13.6. The van der Waals surface area contributed by atoms with Crippen molar-refractivity contribution in [3.63, 3.8) is 0 Å². The summed E-state index contributed by atoms with van der Waals surface area (Å²) in [7, 11) is 0. The van der Waals surface area contributed by atoms with Crippen LogP contribution in [0.2, 0.25) is 5.02 Å². The van der Waals surface area contributed by atoms with E-state index in [-0.39, 0.29) is 30.1 Å². The Bertz CT molecular complexity index is 1520. The minimum absolute atomic E-state index is 0.0232. The van der Waals surface area contributed by atoms with Crippen LogP contribution in [0.4, 0.5) is 13.2 Å². The fourth-order valence-corrected chi connectivity index (χ4v) is 5.59. The Morgan fingerprint density at radius 1 is 1.15 bits per heavy atom. The Hall–Kier alpha value is -3.51. The monoisotopic (exact) mass is 590 g/mol. The Morgan fingerprint density at radius 3 is 2.46 bits per heavy atom. The van der Waals surface area contributed by atoms with Crippen molar-refractivity contribution in [2.75, 3.05) is 6.54 Å². The average Bonchev–Trinajstić information content (AvgIpc) is 3.27. The van der Waals surface area contributed by atoms with Gasteiger partial charge in [-0.2, -0.15) is 18.3 Å². The first-order chi connectivity index (χ1) is 19.1. The van der Waals surface area contributed by atoms with Crippen LogP contribution >= 0.6 is 11.6 Å². The minimum atomic E-state index is -4.71. The Morgan fingerprint density at radius 2 is 1.85 bits per heavy atom. The molecule has 9 nitrogen and oxygen atoms in total. The largest absolute Gasteiger partial charge is 0.417 e. The van der Waals surface area contributed by atoms with Crippen molar-refractivity contribution in [3.8, 4) is 0 Å². The zero-order chi connectivity index (χ0) is 30.0. The second-order valence-electron chi connectivity index (χ2n) is 11.3. The first kappa shape index (κ1) is 29.0. The van der Waals surface area contributed by atoms with Crippen LogP contribution in [0.5, 0.6) is 0 Å². The summed E-state index contributed by atoms with van der Waals surface area (Å²) >= 11 is 5.75. The summed E-state index contributed by atoms with van der Waals surface area (Å²) in [5, 5.41) is 14.4. The molecular weight excluding hydrogens is 561 g/mol. The molecule has 3 aromatic rings. The van der Waals surface area contributed by atoms with Crippen molar-refractivity contribution in [1.82, 2.24) is 29.5 Å². The maximum atomic E-state index is 13.9. The molecule has 2 aromatic heterocycles. The van der Waals surface area contributed by atoms with Gasteiger partial charge in [0.15, 0.2) is 0 Å². The minimum Gasteiger partial charge on any atom is -0.384 e. The van der Waals surface area contributed by atoms with Crippen LogP contribution in [0.1, 0.15) is 95.8 Å². The lowest BCUT2D eigenvalue weighted by Crippen LogP contribution is -2.45. The number of carbonyl (C=O) groups excluding carboxylic acids is 2. The molecule has 4 heterocycles. The Balaban J connectivity index is 1.45. The van der Waals surface area contributed by atoms with Gasteiger partial charge in [-0.1, -0.05) is 11.6 Å². The molecule has 2 aliphatic rings. The van der Waals surface area contributed by atoms with E-state index < -0.39 is 34.3 Å². The van der Waals surface area contributed by atoms with E-state index in [1.807, 2.05) is 13.8 Å². The topological polar surface area (TPSA) is 104 Å². The summed E-state index contributed by atoms with van der Waals surface area (Å²) in [5.74, 6) is -0.875. The van der Waals surface area contributed by atoms with Gasteiger partial charge in [-0.15, -0.1) is 0 Å². The van der Waals surface area contributed by atoms with E-state index in [4.69, 9.17) is 16.7 Å². The SMILES string of the molecule is CC(c1cnc(C(C)(C)O)cn1)N1C[C@@H](C)n2nc3c(c2C1=O)CN(C(=O)c1ccc(Cl)c(C(F)(F)F)c1)[C@H](C)C3. The van der Waals surface area contributed by atoms with Crippen LogP contribution < -0.4 is 0 Å². The third kappa shape index (κ3) is 5.19. The molecule has 2 amide bonds. The van der Waals surface area contributed by atoms with E-state index in [0.717, 1.165) is 12.1 Å². The number of nitrogens with zero attached hydrogens (tertiary/aromatic N) is 6. The lowest BCUT2D eigenvalue weighted by molar-refractivity contribution is -0.137. The molecule has 2 aliphatic heterocycles. The summed E-state index contributed by atoms with van der Waals surface area (Å²) in [5.41, 5.74) is 0.202. The lowest BCUT2D eigenvalue weighted by atomic mass is 9.96. The first-order valence-electron chi connectivity index (χ1n) is 13.2. The van der Waals surface area contributed by atoms with E-state index in [0.29, 0.717) is 41.3 Å². The van der Waals surface area contributed by atoms with Crippen molar-refractivity contribution in [3.05, 3.63) is 75.1 Å². The van der Waals surface area contributed by atoms with Crippen molar-refractivity contribution < 1.29 is 27.9 Å². The predicted octanol–water partition coefficient (Wildman–Crippen LogP) is 4.94. The summed E-state index contributed by atoms with van der Waals surface area (Å²) in [4.78, 5) is 39.3. The molecule has 0 aliphatic carbocycles. The summed E-state index contributed by atoms with van der Waals surface area (Å²) in [6.45, 7) is 9.19. The van der Waals surface area contributed by atoms with Crippen molar-refractivity contribution >= 4 is 23.4 Å². The molecule has 1 aromatic carbocycles. The highest BCUT2D eigenvalue weighted by Crippen LogP contribution is 2.37. The van der Waals surface area contributed by atoms with Gasteiger partial charge >= 0.3 is 6.18 Å². The van der Waals surface area contributed by atoms with Gasteiger partial charge in [0.1, 0.15) is 11.3 Å². The molecule has 0 radical (unpaired) electrons. The molecule has 0 spiro atoms. The number of rotatable bonds is 4. The Labute approximate surface area is 239 Å². The normalized spacial score (nSPS) is 20.1.